The van der Waals surface area contributed by atoms with Gasteiger partial charge in [-0.05, 0) is 31.2 Å². The second-order valence-corrected chi connectivity index (χ2v) is 8.80. The highest BCUT2D eigenvalue weighted by Gasteiger charge is 2.25. The van der Waals surface area contributed by atoms with Crippen molar-refractivity contribution in [3.63, 3.8) is 0 Å². The first-order valence-corrected chi connectivity index (χ1v) is 11.9. The van der Waals surface area contributed by atoms with Gasteiger partial charge in [0.15, 0.2) is 15.8 Å². The molecule has 0 spiro atoms. The fourth-order valence-corrected chi connectivity index (χ4v) is 4.36. The number of nitro benzene ring substituents is 1. The number of methoxy groups -OCH3 is 2. The predicted octanol–water partition coefficient (Wildman–Crippen LogP) is 3.85. The van der Waals surface area contributed by atoms with Crippen molar-refractivity contribution in [2.45, 2.75) is 11.3 Å². The van der Waals surface area contributed by atoms with Gasteiger partial charge in [0.1, 0.15) is 11.3 Å². The van der Waals surface area contributed by atoms with Crippen molar-refractivity contribution in [2.24, 2.45) is 0 Å². The van der Waals surface area contributed by atoms with Crippen LogP contribution in [0.3, 0.4) is 0 Å². The summed E-state index contributed by atoms with van der Waals surface area (Å²) in [6.07, 6.45) is 0. The van der Waals surface area contributed by atoms with Gasteiger partial charge in [0.05, 0.1) is 37.6 Å². The lowest BCUT2D eigenvalue weighted by atomic mass is 10.1. The van der Waals surface area contributed by atoms with E-state index in [2.05, 4.69) is 20.8 Å². The number of amides is 2. The molecule has 0 saturated heterocycles. The topological polar surface area (TPSA) is 155 Å². The molecule has 2 aromatic carbocycles. The Kier molecular flexibility index (Phi) is 8.80. The van der Waals surface area contributed by atoms with Crippen LogP contribution in [0.25, 0.3) is 0 Å². The van der Waals surface area contributed by atoms with Crippen LogP contribution in [-0.2, 0) is 4.79 Å². The number of hydrogen-bond acceptors (Lipinski definition) is 11. The summed E-state index contributed by atoms with van der Waals surface area (Å²) in [5, 5.41) is 24.6. The Labute approximate surface area is 208 Å². The van der Waals surface area contributed by atoms with Crippen LogP contribution in [0, 0.1) is 10.1 Å². The third-order valence-electron chi connectivity index (χ3n) is 4.35. The SMILES string of the molecule is CCOc1ccc(NC(=O)CSc2nnc(NC(=O)c3cc(OC)c(OC)cc3[N+](=O)[O-])s2)cc1. The van der Waals surface area contributed by atoms with E-state index < -0.39 is 16.5 Å². The number of nitrogens with one attached hydrogen (secondary N) is 2. The third kappa shape index (κ3) is 6.80. The summed E-state index contributed by atoms with van der Waals surface area (Å²) in [6.45, 7) is 2.44. The van der Waals surface area contributed by atoms with E-state index in [1.54, 1.807) is 24.3 Å². The number of aromatic nitrogens is 2. The van der Waals surface area contributed by atoms with Gasteiger partial charge in [-0.3, -0.25) is 25.0 Å². The van der Waals surface area contributed by atoms with E-state index in [-0.39, 0.29) is 33.9 Å². The zero-order valence-electron chi connectivity index (χ0n) is 18.9. The Morgan fingerprint density at radius 3 is 2.40 bits per heavy atom. The molecule has 3 aromatic rings. The number of carbonyl (C=O) groups excluding carboxylic acids is 2. The Bertz CT molecular complexity index is 1220. The Morgan fingerprint density at radius 1 is 1.09 bits per heavy atom. The van der Waals surface area contributed by atoms with E-state index >= 15 is 0 Å². The Morgan fingerprint density at radius 2 is 1.77 bits per heavy atom. The van der Waals surface area contributed by atoms with Crippen molar-refractivity contribution >= 4 is 51.4 Å². The lowest BCUT2D eigenvalue weighted by molar-refractivity contribution is -0.385. The molecule has 0 fully saturated rings. The highest BCUT2D eigenvalue weighted by molar-refractivity contribution is 8.01. The van der Waals surface area contributed by atoms with E-state index in [0.717, 1.165) is 29.2 Å². The minimum Gasteiger partial charge on any atom is -0.494 e. The maximum Gasteiger partial charge on any atom is 0.286 e. The molecule has 184 valence electrons. The highest BCUT2D eigenvalue weighted by atomic mass is 32.2. The van der Waals surface area contributed by atoms with E-state index in [1.165, 1.54) is 20.3 Å². The monoisotopic (exact) mass is 519 g/mol. The molecule has 1 heterocycles. The summed E-state index contributed by atoms with van der Waals surface area (Å²) in [7, 11) is 2.69. The molecule has 0 bridgehead atoms. The summed E-state index contributed by atoms with van der Waals surface area (Å²) in [4.78, 5) is 35.7. The molecule has 1 aromatic heterocycles. The van der Waals surface area contributed by atoms with E-state index in [4.69, 9.17) is 14.2 Å². The normalized spacial score (nSPS) is 10.4. The first-order valence-electron chi connectivity index (χ1n) is 10.0. The number of carbonyl (C=O) groups is 2. The maximum absolute atomic E-state index is 12.7. The summed E-state index contributed by atoms with van der Waals surface area (Å²) in [6, 6.07) is 9.31. The fraction of sp³-hybridized carbons (Fsp3) is 0.238. The van der Waals surface area contributed by atoms with Crippen LogP contribution in [0.15, 0.2) is 40.7 Å². The molecule has 35 heavy (non-hydrogen) atoms. The van der Waals surface area contributed by atoms with Gasteiger partial charge < -0.3 is 19.5 Å². The largest absolute Gasteiger partial charge is 0.494 e. The van der Waals surface area contributed by atoms with Gasteiger partial charge in [-0.2, -0.15) is 0 Å². The smallest absolute Gasteiger partial charge is 0.286 e. The molecule has 12 nitrogen and oxygen atoms in total. The van der Waals surface area contributed by atoms with Gasteiger partial charge in [0, 0.05) is 11.8 Å². The van der Waals surface area contributed by atoms with Crippen molar-refractivity contribution in [2.75, 3.05) is 37.2 Å². The van der Waals surface area contributed by atoms with Gasteiger partial charge >= 0.3 is 0 Å². The van der Waals surface area contributed by atoms with Gasteiger partial charge in [0.25, 0.3) is 11.6 Å². The molecule has 0 atom stereocenters. The second kappa shape index (κ2) is 12.0. The lowest BCUT2D eigenvalue weighted by Crippen LogP contribution is -2.14. The molecular weight excluding hydrogens is 498 g/mol. The summed E-state index contributed by atoms with van der Waals surface area (Å²) in [5.41, 5.74) is -0.0576. The van der Waals surface area contributed by atoms with Gasteiger partial charge in [-0.25, -0.2) is 0 Å². The van der Waals surface area contributed by atoms with Crippen molar-refractivity contribution in [1.29, 1.82) is 0 Å². The highest BCUT2D eigenvalue weighted by Crippen LogP contribution is 2.35. The Balaban J connectivity index is 1.60. The quantitative estimate of drug-likeness (QED) is 0.165. The zero-order chi connectivity index (χ0) is 25.4. The summed E-state index contributed by atoms with van der Waals surface area (Å²) >= 11 is 2.16. The molecule has 0 unspecified atom stereocenters. The van der Waals surface area contributed by atoms with Crippen LogP contribution in [0.4, 0.5) is 16.5 Å². The number of anilines is 2. The van der Waals surface area contributed by atoms with Gasteiger partial charge in [-0.1, -0.05) is 23.1 Å². The zero-order valence-corrected chi connectivity index (χ0v) is 20.5. The molecule has 0 aliphatic heterocycles. The minimum absolute atomic E-state index is 0.0664. The first kappa shape index (κ1) is 25.7. The maximum atomic E-state index is 12.7. The number of nitrogens with zero attached hydrogens (tertiary/aromatic N) is 3. The number of thioether (sulfide) groups is 1. The molecule has 2 amide bonds. The van der Waals surface area contributed by atoms with E-state index in [9.17, 15) is 19.7 Å². The minimum atomic E-state index is -0.765. The van der Waals surface area contributed by atoms with Crippen molar-refractivity contribution < 1.29 is 28.7 Å². The standard InChI is InChI=1S/C21H21N5O7S2/c1-4-33-13-7-5-12(6-8-13)22-18(27)11-34-21-25-24-20(35-21)23-19(28)14-9-16(31-2)17(32-3)10-15(14)26(29)30/h5-10H,4,11H2,1-3H3,(H,22,27)(H,23,24,28). The molecule has 14 heteroatoms. The van der Waals surface area contributed by atoms with Crippen LogP contribution >= 0.6 is 23.1 Å². The second-order valence-electron chi connectivity index (χ2n) is 6.60. The third-order valence-corrected chi connectivity index (χ3v) is 6.32. The number of ether oxygens (including phenoxy) is 3. The van der Waals surface area contributed by atoms with Crippen LogP contribution in [0.1, 0.15) is 17.3 Å². The lowest BCUT2D eigenvalue weighted by Gasteiger charge is -2.10. The molecule has 3 rings (SSSR count). The van der Waals surface area contributed by atoms with E-state index in [0.29, 0.717) is 22.4 Å². The number of benzene rings is 2. The average molecular weight is 520 g/mol. The summed E-state index contributed by atoms with van der Waals surface area (Å²) in [5.74, 6) is 0.0436. The number of nitro groups is 1. The number of rotatable bonds is 11. The average Bonchev–Trinajstić information content (AvgIpc) is 3.30. The molecule has 0 aliphatic rings. The summed E-state index contributed by atoms with van der Waals surface area (Å²) < 4.78 is 16.0. The van der Waals surface area contributed by atoms with Gasteiger partial charge in [-0.15, -0.1) is 10.2 Å². The Hall–Kier alpha value is -3.91. The molecule has 0 radical (unpaired) electrons. The van der Waals surface area contributed by atoms with Crippen LogP contribution < -0.4 is 24.8 Å². The van der Waals surface area contributed by atoms with E-state index in [1.807, 2.05) is 6.92 Å². The molecular formula is C21H21N5O7S2. The molecule has 0 aliphatic carbocycles. The van der Waals surface area contributed by atoms with Crippen molar-refractivity contribution in [3.05, 3.63) is 52.1 Å². The fourth-order valence-electron chi connectivity index (χ4n) is 2.81. The molecule has 2 N–H and O–H groups in total. The van der Waals surface area contributed by atoms with Crippen LogP contribution in [-0.4, -0.2) is 53.5 Å². The predicted molar refractivity (Wildman–Crippen MR) is 131 cm³/mol. The first-order chi connectivity index (χ1) is 16.8. The van der Waals surface area contributed by atoms with Crippen LogP contribution in [0.2, 0.25) is 0 Å². The molecule has 0 saturated carbocycles. The van der Waals surface area contributed by atoms with Crippen molar-refractivity contribution in [3.8, 4) is 17.2 Å². The van der Waals surface area contributed by atoms with Crippen LogP contribution in [0.5, 0.6) is 17.2 Å². The number of hydrogen-bond donors (Lipinski definition) is 2. The van der Waals surface area contributed by atoms with Gasteiger partial charge in [0.2, 0.25) is 11.0 Å². The van der Waals surface area contributed by atoms with Crippen molar-refractivity contribution in [1.82, 2.24) is 10.2 Å².